The molecule has 1 saturated carbocycles. The van der Waals surface area contributed by atoms with E-state index in [1.807, 2.05) is 0 Å². The lowest BCUT2D eigenvalue weighted by atomic mass is 9.83. The topological polar surface area (TPSA) is 26.0 Å². The molecular weight excluding hydrogens is 309 g/mol. The highest BCUT2D eigenvalue weighted by molar-refractivity contribution is 14.1. The zero-order valence-electron chi connectivity index (χ0n) is 10.5. The molecule has 0 heterocycles. The number of hydrogen-bond acceptors (Lipinski definition) is 1. The first-order valence-corrected chi connectivity index (χ1v) is 7.67. The van der Waals surface area contributed by atoms with Gasteiger partial charge in [0.2, 0.25) is 0 Å². The first-order valence-electron chi connectivity index (χ1n) is 6.43. The second-order valence-corrected chi connectivity index (χ2v) is 5.47. The molecule has 2 heteroatoms. The Morgan fingerprint density at radius 3 is 2.50 bits per heavy atom. The van der Waals surface area contributed by atoms with Crippen molar-refractivity contribution in [3.8, 4) is 0 Å². The van der Waals surface area contributed by atoms with Crippen molar-refractivity contribution >= 4 is 22.6 Å². The standard InChI is InChI=1S/C14H24IN/c1-3-14(16)11(2)9-13(10-15)12-7-5-4-6-8-12/h9-10,12,14H,3-8,16H2,1-2H3/b11-9+,13-10+/t14-/m1/s1. The average Bonchev–Trinajstić information content (AvgIpc) is 2.35. The number of rotatable bonds is 4. The lowest BCUT2D eigenvalue weighted by molar-refractivity contribution is 0.408. The third-order valence-corrected chi connectivity index (χ3v) is 4.34. The van der Waals surface area contributed by atoms with Crippen molar-refractivity contribution in [2.75, 3.05) is 0 Å². The number of halogens is 1. The van der Waals surface area contributed by atoms with Crippen LogP contribution in [0.4, 0.5) is 0 Å². The molecule has 0 radical (unpaired) electrons. The molecule has 1 nitrogen and oxygen atoms in total. The van der Waals surface area contributed by atoms with E-state index in [0.717, 1.165) is 12.3 Å². The molecule has 0 bridgehead atoms. The van der Waals surface area contributed by atoms with E-state index in [1.165, 1.54) is 43.3 Å². The largest absolute Gasteiger partial charge is 0.324 e. The van der Waals surface area contributed by atoms with E-state index in [0.29, 0.717) is 0 Å². The second kappa shape index (κ2) is 7.49. The smallest absolute Gasteiger partial charge is 0.0251 e. The minimum absolute atomic E-state index is 0.231. The van der Waals surface area contributed by atoms with Crippen LogP contribution in [0.25, 0.3) is 0 Å². The highest BCUT2D eigenvalue weighted by atomic mass is 127. The van der Waals surface area contributed by atoms with Gasteiger partial charge in [-0.15, -0.1) is 0 Å². The first kappa shape index (κ1) is 14.2. The molecule has 0 saturated heterocycles. The van der Waals surface area contributed by atoms with Gasteiger partial charge in [-0.25, -0.2) is 0 Å². The quantitative estimate of drug-likeness (QED) is 0.592. The van der Waals surface area contributed by atoms with Gasteiger partial charge in [0.15, 0.2) is 0 Å². The van der Waals surface area contributed by atoms with Crippen molar-refractivity contribution in [1.29, 1.82) is 0 Å². The predicted octanol–water partition coefficient (Wildman–Crippen LogP) is 4.57. The highest BCUT2D eigenvalue weighted by Gasteiger charge is 2.16. The van der Waals surface area contributed by atoms with Crippen LogP contribution in [0.1, 0.15) is 52.4 Å². The molecular formula is C14H24IN. The van der Waals surface area contributed by atoms with Gasteiger partial charge in [-0.05, 0) is 41.8 Å². The Morgan fingerprint density at radius 2 is 2.00 bits per heavy atom. The van der Waals surface area contributed by atoms with Crippen LogP contribution in [0.5, 0.6) is 0 Å². The molecule has 0 amide bonds. The number of nitrogens with two attached hydrogens (primary N) is 1. The summed E-state index contributed by atoms with van der Waals surface area (Å²) in [6, 6.07) is 0.231. The minimum Gasteiger partial charge on any atom is -0.324 e. The monoisotopic (exact) mass is 333 g/mol. The molecule has 0 aromatic carbocycles. The Hall–Kier alpha value is 0.170. The fourth-order valence-corrected chi connectivity index (χ4v) is 3.05. The number of allylic oxidation sites excluding steroid dienone is 2. The average molecular weight is 333 g/mol. The summed E-state index contributed by atoms with van der Waals surface area (Å²) in [6.45, 7) is 4.31. The first-order chi connectivity index (χ1) is 7.69. The van der Waals surface area contributed by atoms with Gasteiger partial charge < -0.3 is 5.73 Å². The van der Waals surface area contributed by atoms with Crippen molar-refractivity contribution in [3.05, 3.63) is 21.3 Å². The van der Waals surface area contributed by atoms with Gasteiger partial charge in [0.25, 0.3) is 0 Å². The summed E-state index contributed by atoms with van der Waals surface area (Å²) >= 11 is 2.37. The van der Waals surface area contributed by atoms with E-state index in [-0.39, 0.29) is 6.04 Å². The van der Waals surface area contributed by atoms with Crippen LogP contribution in [0.3, 0.4) is 0 Å². The van der Waals surface area contributed by atoms with E-state index in [4.69, 9.17) is 5.73 Å². The van der Waals surface area contributed by atoms with Crippen molar-refractivity contribution in [3.63, 3.8) is 0 Å². The van der Waals surface area contributed by atoms with Gasteiger partial charge in [-0.1, -0.05) is 60.4 Å². The molecule has 1 atom stereocenters. The molecule has 1 fully saturated rings. The molecule has 16 heavy (non-hydrogen) atoms. The lowest BCUT2D eigenvalue weighted by Crippen LogP contribution is -2.20. The number of hydrogen-bond donors (Lipinski definition) is 1. The van der Waals surface area contributed by atoms with Crippen molar-refractivity contribution in [2.24, 2.45) is 11.7 Å². The molecule has 1 rings (SSSR count). The summed E-state index contributed by atoms with van der Waals surface area (Å²) in [5, 5.41) is 0. The maximum absolute atomic E-state index is 6.05. The van der Waals surface area contributed by atoms with Crippen LogP contribution >= 0.6 is 22.6 Å². The molecule has 0 spiro atoms. The Bertz CT molecular complexity index is 262. The van der Waals surface area contributed by atoms with Gasteiger partial charge in [0.1, 0.15) is 0 Å². The van der Waals surface area contributed by atoms with E-state index in [1.54, 1.807) is 0 Å². The zero-order chi connectivity index (χ0) is 12.0. The minimum atomic E-state index is 0.231. The summed E-state index contributed by atoms with van der Waals surface area (Å²) in [7, 11) is 0. The fourth-order valence-electron chi connectivity index (χ4n) is 2.37. The molecule has 0 aliphatic heterocycles. The highest BCUT2D eigenvalue weighted by Crippen LogP contribution is 2.31. The van der Waals surface area contributed by atoms with Crippen LogP contribution in [0.15, 0.2) is 21.3 Å². The van der Waals surface area contributed by atoms with Gasteiger partial charge in [-0.3, -0.25) is 0 Å². The summed E-state index contributed by atoms with van der Waals surface area (Å²) in [6.07, 6.45) is 10.3. The van der Waals surface area contributed by atoms with Gasteiger partial charge in [0.05, 0.1) is 0 Å². The third kappa shape index (κ3) is 4.21. The summed E-state index contributed by atoms with van der Waals surface area (Å²) in [5.74, 6) is 0.782. The van der Waals surface area contributed by atoms with E-state index >= 15 is 0 Å². The van der Waals surface area contributed by atoms with Crippen molar-refractivity contribution in [1.82, 2.24) is 0 Å². The van der Waals surface area contributed by atoms with E-state index < -0.39 is 0 Å². The normalized spacial score (nSPS) is 22.2. The molecule has 1 aliphatic rings. The van der Waals surface area contributed by atoms with E-state index in [9.17, 15) is 0 Å². The van der Waals surface area contributed by atoms with Gasteiger partial charge in [0, 0.05) is 6.04 Å². The van der Waals surface area contributed by atoms with Crippen LogP contribution in [-0.2, 0) is 0 Å². The van der Waals surface area contributed by atoms with Crippen molar-refractivity contribution in [2.45, 2.75) is 58.4 Å². The molecule has 1 aliphatic carbocycles. The Balaban J connectivity index is 2.67. The van der Waals surface area contributed by atoms with Crippen molar-refractivity contribution < 1.29 is 0 Å². The van der Waals surface area contributed by atoms with Crippen LogP contribution in [-0.4, -0.2) is 6.04 Å². The molecule has 0 unspecified atom stereocenters. The summed E-state index contributed by atoms with van der Waals surface area (Å²) < 4.78 is 2.25. The molecule has 0 aromatic rings. The Labute approximate surface area is 114 Å². The van der Waals surface area contributed by atoms with E-state index in [2.05, 4.69) is 46.6 Å². The maximum atomic E-state index is 6.05. The molecule has 0 aromatic heterocycles. The van der Waals surface area contributed by atoms with Crippen LogP contribution < -0.4 is 5.73 Å². The summed E-state index contributed by atoms with van der Waals surface area (Å²) in [5.41, 5.74) is 8.88. The van der Waals surface area contributed by atoms with Gasteiger partial charge >= 0.3 is 0 Å². The predicted molar refractivity (Wildman–Crippen MR) is 80.7 cm³/mol. The van der Waals surface area contributed by atoms with Crippen LogP contribution in [0, 0.1) is 5.92 Å². The molecule has 2 N–H and O–H groups in total. The fraction of sp³-hybridized carbons (Fsp3) is 0.714. The Kier molecular flexibility index (Phi) is 6.66. The SMILES string of the molecule is CC[C@@H](N)/C(C)=C/C(=C\I)C1CCCCC1. The second-order valence-electron chi connectivity index (χ2n) is 4.85. The zero-order valence-corrected chi connectivity index (χ0v) is 12.7. The Morgan fingerprint density at radius 1 is 1.38 bits per heavy atom. The third-order valence-electron chi connectivity index (χ3n) is 3.62. The van der Waals surface area contributed by atoms with Crippen LogP contribution in [0.2, 0.25) is 0 Å². The summed E-state index contributed by atoms with van der Waals surface area (Å²) in [4.78, 5) is 0. The molecule has 92 valence electrons. The van der Waals surface area contributed by atoms with Gasteiger partial charge in [-0.2, -0.15) is 0 Å². The lowest BCUT2D eigenvalue weighted by Gasteiger charge is -2.23. The maximum Gasteiger partial charge on any atom is 0.0251 e.